The number of pyridine rings is 1. The van der Waals surface area contributed by atoms with Crippen LogP contribution in [0.4, 0.5) is 0 Å². The Morgan fingerprint density at radius 1 is 1.20 bits per heavy atom. The zero-order valence-electron chi connectivity index (χ0n) is 12.1. The Balaban J connectivity index is 2.24. The molecule has 3 nitrogen and oxygen atoms in total. The standard InChI is InChI=1S/C17H22N2O/c1-3-13-7-5-9-15(11-13)20-17(16(18)4-2)14-8-6-10-19-12-14/h5-12,16-17H,3-4,18H2,1-2H3. The monoisotopic (exact) mass is 270 g/mol. The summed E-state index contributed by atoms with van der Waals surface area (Å²) in [6, 6.07) is 12.0. The lowest BCUT2D eigenvalue weighted by Crippen LogP contribution is -2.31. The predicted octanol–water partition coefficient (Wildman–Crippen LogP) is 3.50. The molecule has 0 amide bonds. The van der Waals surface area contributed by atoms with E-state index in [9.17, 15) is 0 Å². The minimum absolute atomic E-state index is 0.0514. The molecule has 0 bridgehead atoms. The molecule has 0 saturated carbocycles. The van der Waals surface area contributed by atoms with Crippen molar-refractivity contribution in [2.75, 3.05) is 0 Å². The average molecular weight is 270 g/mol. The summed E-state index contributed by atoms with van der Waals surface area (Å²) in [5.41, 5.74) is 8.49. The third-order valence-electron chi connectivity index (χ3n) is 3.44. The van der Waals surface area contributed by atoms with Crippen molar-refractivity contribution in [2.24, 2.45) is 5.73 Å². The first-order valence-corrected chi connectivity index (χ1v) is 7.15. The van der Waals surface area contributed by atoms with Crippen LogP contribution in [0.2, 0.25) is 0 Å². The van der Waals surface area contributed by atoms with E-state index in [0.29, 0.717) is 0 Å². The molecule has 2 N–H and O–H groups in total. The van der Waals surface area contributed by atoms with Crippen LogP contribution in [-0.4, -0.2) is 11.0 Å². The number of hydrogen-bond donors (Lipinski definition) is 1. The Morgan fingerprint density at radius 2 is 2.05 bits per heavy atom. The number of rotatable bonds is 6. The molecule has 0 aliphatic carbocycles. The van der Waals surface area contributed by atoms with E-state index in [4.69, 9.17) is 10.5 Å². The van der Waals surface area contributed by atoms with Crippen molar-refractivity contribution in [1.82, 2.24) is 4.98 Å². The topological polar surface area (TPSA) is 48.1 Å². The van der Waals surface area contributed by atoms with Crippen LogP contribution in [0.5, 0.6) is 5.75 Å². The lowest BCUT2D eigenvalue weighted by Gasteiger charge is -2.24. The second kappa shape index (κ2) is 7.06. The van der Waals surface area contributed by atoms with E-state index in [1.54, 1.807) is 6.20 Å². The van der Waals surface area contributed by atoms with Gasteiger partial charge in [-0.25, -0.2) is 0 Å². The first-order chi connectivity index (χ1) is 9.74. The molecule has 1 heterocycles. The van der Waals surface area contributed by atoms with Gasteiger partial charge in [-0.1, -0.05) is 32.0 Å². The van der Waals surface area contributed by atoms with Crippen LogP contribution in [0, 0.1) is 0 Å². The highest BCUT2D eigenvalue weighted by atomic mass is 16.5. The Labute approximate surface area is 120 Å². The SMILES string of the molecule is CCc1cccc(OC(c2cccnc2)C(N)CC)c1. The Bertz CT molecular complexity index is 528. The molecule has 2 rings (SSSR count). The molecule has 2 atom stereocenters. The molecule has 0 fully saturated rings. The normalized spacial score (nSPS) is 13.8. The molecule has 106 valence electrons. The summed E-state index contributed by atoms with van der Waals surface area (Å²) < 4.78 is 6.13. The van der Waals surface area contributed by atoms with E-state index in [1.807, 2.05) is 30.5 Å². The largest absolute Gasteiger partial charge is 0.484 e. The van der Waals surface area contributed by atoms with E-state index in [1.165, 1.54) is 5.56 Å². The van der Waals surface area contributed by atoms with Gasteiger partial charge in [-0.3, -0.25) is 4.98 Å². The highest BCUT2D eigenvalue weighted by molar-refractivity contribution is 5.29. The smallest absolute Gasteiger partial charge is 0.140 e. The fourth-order valence-electron chi connectivity index (χ4n) is 2.15. The lowest BCUT2D eigenvalue weighted by atomic mass is 10.0. The molecular formula is C17H22N2O. The van der Waals surface area contributed by atoms with Crippen molar-refractivity contribution >= 4 is 0 Å². The van der Waals surface area contributed by atoms with Gasteiger partial charge in [-0.2, -0.15) is 0 Å². The van der Waals surface area contributed by atoms with E-state index in [0.717, 1.165) is 24.2 Å². The van der Waals surface area contributed by atoms with Crippen molar-refractivity contribution < 1.29 is 4.74 Å². The maximum atomic E-state index is 6.21. The second-order valence-corrected chi connectivity index (χ2v) is 4.90. The molecule has 0 aliphatic rings. The second-order valence-electron chi connectivity index (χ2n) is 4.90. The van der Waals surface area contributed by atoms with Crippen LogP contribution >= 0.6 is 0 Å². The molecular weight excluding hydrogens is 248 g/mol. The summed E-state index contributed by atoms with van der Waals surface area (Å²) in [7, 11) is 0. The van der Waals surface area contributed by atoms with Gasteiger partial charge >= 0.3 is 0 Å². The van der Waals surface area contributed by atoms with E-state index in [-0.39, 0.29) is 12.1 Å². The molecule has 0 aliphatic heterocycles. The van der Waals surface area contributed by atoms with Gasteiger partial charge < -0.3 is 10.5 Å². The summed E-state index contributed by atoms with van der Waals surface area (Å²) in [4.78, 5) is 4.16. The minimum Gasteiger partial charge on any atom is -0.484 e. The zero-order valence-corrected chi connectivity index (χ0v) is 12.1. The van der Waals surface area contributed by atoms with Gasteiger partial charge in [-0.05, 0) is 36.6 Å². The molecule has 2 unspecified atom stereocenters. The van der Waals surface area contributed by atoms with Crippen molar-refractivity contribution in [3.63, 3.8) is 0 Å². The third kappa shape index (κ3) is 3.58. The van der Waals surface area contributed by atoms with Gasteiger partial charge in [0.05, 0.1) is 0 Å². The van der Waals surface area contributed by atoms with Crippen LogP contribution in [0.15, 0.2) is 48.8 Å². The first-order valence-electron chi connectivity index (χ1n) is 7.15. The predicted molar refractivity (Wildman–Crippen MR) is 81.7 cm³/mol. The highest BCUT2D eigenvalue weighted by Gasteiger charge is 2.20. The Hall–Kier alpha value is -1.87. The number of aryl methyl sites for hydroxylation is 1. The number of aromatic nitrogens is 1. The van der Waals surface area contributed by atoms with Crippen molar-refractivity contribution in [2.45, 2.75) is 38.8 Å². The van der Waals surface area contributed by atoms with Crippen molar-refractivity contribution in [3.8, 4) is 5.75 Å². The third-order valence-corrected chi connectivity index (χ3v) is 3.44. The number of benzene rings is 1. The van der Waals surface area contributed by atoms with E-state index in [2.05, 4.69) is 31.0 Å². The van der Waals surface area contributed by atoms with Gasteiger partial charge in [0.2, 0.25) is 0 Å². The number of nitrogens with two attached hydrogens (primary N) is 1. The van der Waals surface area contributed by atoms with Gasteiger partial charge in [0.1, 0.15) is 11.9 Å². The van der Waals surface area contributed by atoms with Crippen LogP contribution in [0.25, 0.3) is 0 Å². The number of ether oxygens (including phenoxy) is 1. The maximum absolute atomic E-state index is 6.21. The summed E-state index contributed by atoms with van der Waals surface area (Å²) in [6.45, 7) is 4.20. The van der Waals surface area contributed by atoms with E-state index >= 15 is 0 Å². The van der Waals surface area contributed by atoms with Gasteiger partial charge in [0.15, 0.2) is 0 Å². The van der Waals surface area contributed by atoms with Crippen LogP contribution in [-0.2, 0) is 6.42 Å². The molecule has 1 aromatic heterocycles. The fourth-order valence-corrected chi connectivity index (χ4v) is 2.15. The van der Waals surface area contributed by atoms with Gasteiger partial charge in [0.25, 0.3) is 0 Å². The summed E-state index contributed by atoms with van der Waals surface area (Å²) in [5, 5.41) is 0. The fraction of sp³-hybridized carbons (Fsp3) is 0.353. The molecule has 20 heavy (non-hydrogen) atoms. The molecule has 2 aromatic rings. The molecule has 3 heteroatoms. The highest BCUT2D eigenvalue weighted by Crippen LogP contribution is 2.25. The zero-order chi connectivity index (χ0) is 14.4. The number of hydrogen-bond acceptors (Lipinski definition) is 3. The lowest BCUT2D eigenvalue weighted by molar-refractivity contribution is 0.170. The average Bonchev–Trinajstić information content (AvgIpc) is 2.53. The summed E-state index contributed by atoms with van der Waals surface area (Å²) in [5.74, 6) is 0.863. The molecule has 0 radical (unpaired) electrons. The summed E-state index contributed by atoms with van der Waals surface area (Å²) in [6.07, 6.45) is 5.27. The van der Waals surface area contributed by atoms with Crippen molar-refractivity contribution in [3.05, 3.63) is 59.9 Å². The van der Waals surface area contributed by atoms with Crippen LogP contribution in [0.3, 0.4) is 0 Å². The summed E-state index contributed by atoms with van der Waals surface area (Å²) >= 11 is 0. The minimum atomic E-state index is -0.166. The maximum Gasteiger partial charge on any atom is 0.140 e. The first kappa shape index (κ1) is 14.5. The molecule has 0 spiro atoms. The van der Waals surface area contributed by atoms with Crippen LogP contribution < -0.4 is 10.5 Å². The molecule has 1 aromatic carbocycles. The van der Waals surface area contributed by atoms with E-state index < -0.39 is 0 Å². The Kier molecular flexibility index (Phi) is 5.13. The molecule has 0 saturated heterocycles. The van der Waals surface area contributed by atoms with Gasteiger partial charge in [-0.15, -0.1) is 0 Å². The Morgan fingerprint density at radius 3 is 2.70 bits per heavy atom. The van der Waals surface area contributed by atoms with Gasteiger partial charge in [0, 0.05) is 24.0 Å². The number of nitrogens with zero attached hydrogens (tertiary/aromatic N) is 1. The van der Waals surface area contributed by atoms with Crippen molar-refractivity contribution in [1.29, 1.82) is 0 Å². The van der Waals surface area contributed by atoms with Crippen LogP contribution in [0.1, 0.15) is 37.5 Å². The quantitative estimate of drug-likeness (QED) is 0.874.